The van der Waals surface area contributed by atoms with Crippen LogP contribution >= 0.6 is 0 Å². The predicted molar refractivity (Wildman–Crippen MR) is 74.4 cm³/mol. The van der Waals surface area contributed by atoms with Crippen molar-refractivity contribution in [2.45, 2.75) is 32.9 Å². The summed E-state index contributed by atoms with van der Waals surface area (Å²) in [6, 6.07) is 10.5. The molecule has 1 aromatic carbocycles. The second kappa shape index (κ2) is 6.97. The van der Waals surface area contributed by atoms with Gasteiger partial charge in [-0.15, -0.1) is 0 Å². The van der Waals surface area contributed by atoms with E-state index in [0.29, 0.717) is 0 Å². The van der Waals surface area contributed by atoms with Crippen molar-refractivity contribution in [3.63, 3.8) is 0 Å². The van der Waals surface area contributed by atoms with Crippen molar-refractivity contribution in [3.05, 3.63) is 54.1 Å². The number of hydrogen-bond donors (Lipinski definition) is 1. The molecule has 2 aromatic rings. The molecule has 18 heavy (non-hydrogen) atoms. The average Bonchev–Trinajstić information content (AvgIpc) is 2.84. The summed E-state index contributed by atoms with van der Waals surface area (Å²) in [4.78, 5) is 4.41. The molecule has 0 fully saturated rings. The maximum absolute atomic E-state index is 4.41. The number of nitrogens with zero attached hydrogens (tertiary/aromatic N) is 2. The smallest absolute Gasteiger partial charge is 0.0953 e. The van der Waals surface area contributed by atoms with Crippen LogP contribution in [0, 0.1) is 0 Å². The first kappa shape index (κ1) is 12.8. The lowest BCUT2D eigenvalue weighted by Crippen LogP contribution is -2.14. The first-order valence-electron chi connectivity index (χ1n) is 6.64. The van der Waals surface area contributed by atoms with Gasteiger partial charge in [0.2, 0.25) is 0 Å². The van der Waals surface area contributed by atoms with Gasteiger partial charge in [0.15, 0.2) is 0 Å². The Hall–Kier alpha value is -1.61. The molecule has 0 atom stereocenters. The van der Waals surface area contributed by atoms with Gasteiger partial charge in [0.05, 0.1) is 12.0 Å². The molecule has 1 heterocycles. The molecule has 0 spiro atoms. The first-order valence-corrected chi connectivity index (χ1v) is 6.64. The molecule has 0 saturated heterocycles. The number of imidazole rings is 1. The van der Waals surface area contributed by atoms with Crippen LogP contribution in [0.3, 0.4) is 0 Å². The van der Waals surface area contributed by atoms with Crippen molar-refractivity contribution in [1.82, 2.24) is 14.9 Å². The Kier molecular flexibility index (Phi) is 4.97. The Balaban J connectivity index is 1.83. The third-order valence-corrected chi connectivity index (χ3v) is 2.91. The molecular weight excluding hydrogens is 222 g/mol. The lowest BCUT2D eigenvalue weighted by Gasteiger charge is -2.02. The molecule has 1 aromatic heterocycles. The van der Waals surface area contributed by atoms with E-state index in [1.807, 2.05) is 12.4 Å². The Labute approximate surface area is 109 Å². The summed E-state index contributed by atoms with van der Waals surface area (Å²) in [6.45, 7) is 5.03. The Morgan fingerprint density at radius 2 is 2.06 bits per heavy atom. The third-order valence-electron chi connectivity index (χ3n) is 2.91. The van der Waals surface area contributed by atoms with Crippen molar-refractivity contribution in [1.29, 1.82) is 0 Å². The molecule has 0 aliphatic rings. The monoisotopic (exact) mass is 243 g/mol. The Morgan fingerprint density at radius 3 is 2.83 bits per heavy atom. The maximum atomic E-state index is 4.41. The highest BCUT2D eigenvalue weighted by molar-refractivity contribution is 5.15. The van der Waals surface area contributed by atoms with Crippen molar-refractivity contribution in [3.8, 4) is 0 Å². The molecule has 0 radical (unpaired) electrons. The molecular formula is C15H21N3. The third kappa shape index (κ3) is 4.00. The normalized spacial score (nSPS) is 10.7. The number of rotatable bonds is 7. The maximum Gasteiger partial charge on any atom is 0.0953 e. The van der Waals surface area contributed by atoms with Crippen LogP contribution in [0.4, 0.5) is 0 Å². The number of unbranched alkanes of at least 4 members (excludes halogenated alkanes) is 1. The molecule has 0 saturated carbocycles. The molecule has 2 rings (SSSR count). The van der Waals surface area contributed by atoms with Crippen LogP contribution in [0.1, 0.15) is 31.0 Å². The van der Waals surface area contributed by atoms with E-state index in [-0.39, 0.29) is 0 Å². The molecule has 0 aliphatic heterocycles. The van der Waals surface area contributed by atoms with Gasteiger partial charge < -0.3 is 9.88 Å². The predicted octanol–water partition coefficient (Wildman–Crippen LogP) is 2.82. The highest BCUT2D eigenvalue weighted by Gasteiger charge is 1.99. The minimum atomic E-state index is 0.863. The lowest BCUT2D eigenvalue weighted by atomic mass is 10.2. The highest BCUT2D eigenvalue weighted by Crippen LogP contribution is 2.03. The Bertz CT molecular complexity index is 448. The fourth-order valence-corrected chi connectivity index (χ4v) is 1.90. The fourth-order valence-electron chi connectivity index (χ4n) is 1.90. The van der Waals surface area contributed by atoms with Crippen LogP contribution in [-0.4, -0.2) is 16.1 Å². The largest absolute Gasteiger partial charge is 0.333 e. The summed E-state index contributed by atoms with van der Waals surface area (Å²) in [5.74, 6) is 0. The molecule has 0 bridgehead atoms. The fraction of sp³-hybridized carbons (Fsp3) is 0.400. The van der Waals surface area contributed by atoms with E-state index in [9.17, 15) is 0 Å². The lowest BCUT2D eigenvalue weighted by molar-refractivity contribution is 0.634. The van der Waals surface area contributed by atoms with Crippen LogP contribution < -0.4 is 5.32 Å². The summed E-state index contributed by atoms with van der Waals surface area (Å²) in [7, 11) is 0. The van der Waals surface area contributed by atoms with Crippen LogP contribution in [0.15, 0.2) is 42.9 Å². The minimum absolute atomic E-state index is 0.863. The van der Waals surface area contributed by atoms with E-state index in [1.165, 1.54) is 18.4 Å². The van der Waals surface area contributed by atoms with E-state index in [1.54, 1.807) is 0 Å². The van der Waals surface area contributed by atoms with Gasteiger partial charge in [-0.1, -0.05) is 43.7 Å². The zero-order chi connectivity index (χ0) is 12.6. The standard InChI is InChI=1S/C15H21N3/c1-2-3-9-16-10-15-12-18(13-17-15)11-14-7-5-4-6-8-14/h4-8,12-13,16H,2-3,9-11H2,1H3. The van der Waals surface area contributed by atoms with Gasteiger partial charge in [0.1, 0.15) is 0 Å². The summed E-state index contributed by atoms with van der Waals surface area (Å²) in [6.07, 6.45) is 6.48. The van der Waals surface area contributed by atoms with E-state index in [2.05, 4.69) is 52.3 Å². The SMILES string of the molecule is CCCCNCc1cn(Cc2ccccc2)cn1. The van der Waals surface area contributed by atoms with Crippen LogP contribution in [0.25, 0.3) is 0 Å². The molecule has 0 unspecified atom stereocenters. The van der Waals surface area contributed by atoms with Crippen molar-refractivity contribution in [2.75, 3.05) is 6.54 Å². The van der Waals surface area contributed by atoms with E-state index >= 15 is 0 Å². The van der Waals surface area contributed by atoms with Crippen LogP contribution in [0.5, 0.6) is 0 Å². The molecule has 3 heteroatoms. The number of nitrogens with one attached hydrogen (secondary N) is 1. The summed E-state index contributed by atoms with van der Waals surface area (Å²) >= 11 is 0. The quantitative estimate of drug-likeness (QED) is 0.758. The topological polar surface area (TPSA) is 29.9 Å². The van der Waals surface area contributed by atoms with E-state index in [4.69, 9.17) is 0 Å². The zero-order valence-electron chi connectivity index (χ0n) is 11.0. The van der Waals surface area contributed by atoms with Gasteiger partial charge in [0, 0.05) is 19.3 Å². The van der Waals surface area contributed by atoms with Crippen molar-refractivity contribution in [2.24, 2.45) is 0 Å². The van der Waals surface area contributed by atoms with Gasteiger partial charge in [-0.3, -0.25) is 0 Å². The van der Waals surface area contributed by atoms with Crippen LogP contribution in [-0.2, 0) is 13.1 Å². The average molecular weight is 243 g/mol. The second-order valence-electron chi connectivity index (χ2n) is 4.55. The summed E-state index contributed by atoms with van der Waals surface area (Å²) in [5.41, 5.74) is 2.42. The van der Waals surface area contributed by atoms with Gasteiger partial charge in [-0.2, -0.15) is 0 Å². The van der Waals surface area contributed by atoms with Crippen molar-refractivity contribution >= 4 is 0 Å². The van der Waals surface area contributed by atoms with Gasteiger partial charge >= 0.3 is 0 Å². The second-order valence-corrected chi connectivity index (χ2v) is 4.55. The molecule has 0 aliphatic carbocycles. The van der Waals surface area contributed by atoms with Gasteiger partial charge in [-0.25, -0.2) is 4.98 Å². The van der Waals surface area contributed by atoms with Gasteiger partial charge in [0.25, 0.3) is 0 Å². The summed E-state index contributed by atoms with van der Waals surface area (Å²) in [5, 5.41) is 3.40. The van der Waals surface area contributed by atoms with E-state index < -0.39 is 0 Å². The molecule has 3 nitrogen and oxygen atoms in total. The number of benzene rings is 1. The molecule has 1 N–H and O–H groups in total. The van der Waals surface area contributed by atoms with Gasteiger partial charge in [-0.05, 0) is 18.5 Å². The zero-order valence-corrected chi connectivity index (χ0v) is 11.0. The Morgan fingerprint density at radius 1 is 1.22 bits per heavy atom. The minimum Gasteiger partial charge on any atom is -0.333 e. The summed E-state index contributed by atoms with van der Waals surface area (Å²) < 4.78 is 2.13. The van der Waals surface area contributed by atoms with Crippen LogP contribution in [0.2, 0.25) is 0 Å². The van der Waals surface area contributed by atoms with Crippen molar-refractivity contribution < 1.29 is 0 Å². The van der Waals surface area contributed by atoms with E-state index in [0.717, 1.165) is 25.3 Å². The molecule has 96 valence electrons. The highest BCUT2D eigenvalue weighted by atomic mass is 15.0. The number of aromatic nitrogens is 2. The first-order chi connectivity index (χ1) is 8.88. The number of hydrogen-bond acceptors (Lipinski definition) is 2. The molecule has 0 amide bonds.